The summed E-state index contributed by atoms with van der Waals surface area (Å²) in [5.74, 6) is 0.834. The van der Waals surface area contributed by atoms with Crippen LogP contribution >= 0.6 is 0 Å². The summed E-state index contributed by atoms with van der Waals surface area (Å²) < 4.78 is 0. The molecule has 0 radical (unpaired) electrons. The van der Waals surface area contributed by atoms with E-state index in [2.05, 4.69) is 173 Å². The van der Waals surface area contributed by atoms with Gasteiger partial charge >= 0.3 is 0 Å². The maximum absolute atomic E-state index is 6.41. The number of hydrogen-bond acceptors (Lipinski definition) is 1. The molecule has 0 aliphatic heterocycles. The van der Waals surface area contributed by atoms with Gasteiger partial charge in [0.2, 0.25) is 0 Å². The lowest BCUT2D eigenvalue weighted by molar-refractivity contribution is 0.557. The van der Waals surface area contributed by atoms with Crippen molar-refractivity contribution in [3.05, 3.63) is 214 Å². The van der Waals surface area contributed by atoms with E-state index in [0.717, 1.165) is 37.7 Å². The van der Waals surface area contributed by atoms with Gasteiger partial charge < -0.3 is 5.73 Å². The topological polar surface area (TPSA) is 26.0 Å². The van der Waals surface area contributed by atoms with Crippen LogP contribution in [0.4, 0.5) is 0 Å². The molecule has 0 bridgehead atoms. The second-order valence-electron chi connectivity index (χ2n) is 15.4. The van der Waals surface area contributed by atoms with Gasteiger partial charge in [-0.25, -0.2) is 0 Å². The smallest absolute Gasteiger partial charge is 0.0105 e. The second-order valence-corrected chi connectivity index (χ2v) is 15.4. The third-order valence-corrected chi connectivity index (χ3v) is 12.0. The summed E-state index contributed by atoms with van der Waals surface area (Å²) in [5, 5.41) is 5.12. The van der Waals surface area contributed by atoms with Crippen LogP contribution < -0.4 is 5.73 Å². The SMILES string of the molecule is C=C1/C=C\CCCc2ccccc2CC1C(/C=C(\C=C/N)/C(=C/C)C1=C(/C(C)=C2\C=CC=CC2C)C=CCC1C)c1cc2ccccc2c2ccccc12. The van der Waals surface area contributed by atoms with Crippen molar-refractivity contribution in [1.29, 1.82) is 0 Å². The van der Waals surface area contributed by atoms with Crippen molar-refractivity contribution >= 4 is 21.5 Å². The van der Waals surface area contributed by atoms with Gasteiger partial charge in [0.15, 0.2) is 0 Å². The van der Waals surface area contributed by atoms with E-state index < -0.39 is 0 Å². The van der Waals surface area contributed by atoms with Crippen LogP contribution in [-0.2, 0) is 12.8 Å². The Hall–Kier alpha value is -5.40. The molecule has 0 saturated carbocycles. The van der Waals surface area contributed by atoms with Crippen LogP contribution in [0.2, 0.25) is 0 Å². The molecule has 0 amide bonds. The summed E-state index contributed by atoms with van der Waals surface area (Å²) in [6, 6.07) is 29.3. The van der Waals surface area contributed by atoms with Gasteiger partial charge in [-0.3, -0.25) is 0 Å². The monoisotopic (exact) mass is 705 g/mol. The highest BCUT2D eigenvalue weighted by Crippen LogP contribution is 2.45. The molecule has 0 fully saturated rings. The molecule has 7 rings (SSSR count). The van der Waals surface area contributed by atoms with E-state index in [4.69, 9.17) is 12.3 Å². The molecule has 0 saturated heterocycles. The minimum Gasteiger partial charge on any atom is -0.405 e. The van der Waals surface area contributed by atoms with Crippen LogP contribution in [0.1, 0.15) is 69.6 Å². The van der Waals surface area contributed by atoms with E-state index in [-0.39, 0.29) is 11.8 Å². The van der Waals surface area contributed by atoms with Gasteiger partial charge in [0.05, 0.1) is 0 Å². The first kappa shape index (κ1) is 36.9. The quantitative estimate of drug-likeness (QED) is 0.150. The van der Waals surface area contributed by atoms with E-state index >= 15 is 0 Å². The maximum atomic E-state index is 6.41. The summed E-state index contributed by atoms with van der Waals surface area (Å²) in [6.07, 6.45) is 32.2. The van der Waals surface area contributed by atoms with E-state index in [1.807, 2.05) is 0 Å². The normalized spacial score (nSPS) is 23.3. The zero-order valence-corrected chi connectivity index (χ0v) is 32.6. The molecular weight excluding hydrogens is 651 g/mol. The zero-order chi connectivity index (χ0) is 37.6. The molecule has 2 N–H and O–H groups in total. The molecule has 4 unspecified atom stereocenters. The first-order valence-electron chi connectivity index (χ1n) is 20.0. The van der Waals surface area contributed by atoms with Gasteiger partial charge in [0.25, 0.3) is 0 Å². The fourth-order valence-electron chi connectivity index (χ4n) is 9.15. The molecule has 4 aromatic rings. The van der Waals surface area contributed by atoms with Crippen molar-refractivity contribution in [2.45, 2.75) is 65.7 Å². The first-order chi connectivity index (χ1) is 26.4. The largest absolute Gasteiger partial charge is 0.405 e. The third-order valence-electron chi connectivity index (χ3n) is 12.0. The van der Waals surface area contributed by atoms with E-state index in [0.29, 0.717) is 11.8 Å². The number of allylic oxidation sites excluding steroid dienone is 18. The number of aryl methyl sites for hydroxylation is 1. The van der Waals surface area contributed by atoms with Crippen molar-refractivity contribution < 1.29 is 0 Å². The number of hydrogen-bond donors (Lipinski definition) is 1. The Balaban J connectivity index is 1.50. The molecule has 4 atom stereocenters. The van der Waals surface area contributed by atoms with Crippen LogP contribution in [0.3, 0.4) is 0 Å². The van der Waals surface area contributed by atoms with Crippen molar-refractivity contribution in [2.24, 2.45) is 23.5 Å². The predicted octanol–water partition coefficient (Wildman–Crippen LogP) is 13.7. The van der Waals surface area contributed by atoms with Gasteiger partial charge in [-0.05, 0) is 154 Å². The summed E-state index contributed by atoms with van der Waals surface area (Å²) in [6.45, 7) is 14.0. The van der Waals surface area contributed by atoms with Crippen molar-refractivity contribution in [3.8, 4) is 0 Å². The Morgan fingerprint density at radius 2 is 1.59 bits per heavy atom. The minimum atomic E-state index is 0.00895. The van der Waals surface area contributed by atoms with Crippen molar-refractivity contribution in [1.82, 2.24) is 0 Å². The van der Waals surface area contributed by atoms with Gasteiger partial charge in [-0.2, -0.15) is 0 Å². The molecule has 0 spiro atoms. The van der Waals surface area contributed by atoms with E-state index in [1.54, 1.807) is 6.20 Å². The van der Waals surface area contributed by atoms with E-state index in [9.17, 15) is 0 Å². The Bertz CT molecular complexity index is 2340. The summed E-state index contributed by atoms with van der Waals surface area (Å²) >= 11 is 0. The number of rotatable bonds is 7. The van der Waals surface area contributed by atoms with Gasteiger partial charge in [-0.15, -0.1) is 0 Å². The van der Waals surface area contributed by atoms with E-state index in [1.165, 1.54) is 71.7 Å². The maximum Gasteiger partial charge on any atom is 0.0105 e. The molecule has 0 heterocycles. The highest BCUT2D eigenvalue weighted by Gasteiger charge is 2.30. The molecule has 3 aliphatic carbocycles. The summed E-state index contributed by atoms with van der Waals surface area (Å²) in [5.41, 5.74) is 19.6. The molecule has 272 valence electrons. The van der Waals surface area contributed by atoms with Gasteiger partial charge in [-0.1, -0.05) is 160 Å². The van der Waals surface area contributed by atoms with Crippen LogP contribution in [0.25, 0.3) is 21.5 Å². The molecule has 3 aliphatic rings. The van der Waals surface area contributed by atoms with Gasteiger partial charge in [0.1, 0.15) is 0 Å². The number of nitrogens with two attached hydrogens (primary N) is 1. The lowest BCUT2D eigenvalue weighted by atomic mass is 9.72. The molecule has 1 heteroatoms. The fraction of sp³-hybridized carbons (Fsp3) is 0.245. The molecular formula is C53H55N. The summed E-state index contributed by atoms with van der Waals surface area (Å²) in [4.78, 5) is 0. The minimum absolute atomic E-state index is 0.00895. The molecule has 54 heavy (non-hydrogen) atoms. The third kappa shape index (κ3) is 7.51. The Kier molecular flexibility index (Phi) is 11.4. The lowest BCUT2D eigenvalue weighted by Crippen LogP contribution is -2.19. The average Bonchev–Trinajstić information content (AvgIpc) is 3.19. The lowest BCUT2D eigenvalue weighted by Gasteiger charge is -2.31. The summed E-state index contributed by atoms with van der Waals surface area (Å²) in [7, 11) is 0. The zero-order valence-electron chi connectivity index (χ0n) is 32.6. The highest BCUT2D eigenvalue weighted by molar-refractivity contribution is 6.09. The fourth-order valence-corrected chi connectivity index (χ4v) is 9.15. The van der Waals surface area contributed by atoms with Crippen molar-refractivity contribution in [2.75, 3.05) is 0 Å². The molecule has 4 aromatic carbocycles. The molecule has 0 aromatic heterocycles. The Labute approximate surface area is 323 Å². The van der Waals surface area contributed by atoms with Crippen molar-refractivity contribution in [3.63, 3.8) is 0 Å². The van der Waals surface area contributed by atoms with Crippen LogP contribution in [-0.4, -0.2) is 0 Å². The Morgan fingerprint density at radius 1 is 0.852 bits per heavy atom. The number of fused-ring (bicyclic) bond motifs is 4. The standard InChI is InChI=1S/C53H55N/c1-6-44(53-38(4)21-18-30-46(53)39(5)45-26-14-10-20-36(45)2)43(31-32-54)35-52(50-33-41-24-12-11-23-40(41)22-9-7-8-19-37(50)3)51-34-42-25-13-15-27-47(42)48-28-16-17-29-49(48)51/h6,8,10-20,23-32,34-36,38,50,52H,3,7,9,21-22,33,54H2,1-2,4-5H3/b19-8-,32-31-,43-35+,44-6-,45-39+. The van der Waals surface area contributed by atoms with Crippen LogP contribution in [0, 0.1) is 17.8 Å². The highest BCUT2D eigenvalue weighted by atomic mass is 14.5. The predicted molar refractivity (Wildman–Crippen MR) is 234 cm³/mol. The number of benzene rings is 4. The van der Waals surface area contributed by atoms with Crippen LogP contribution in [0.15, 0.2) is 197 Å². The first-order valence-corrected chi connectivity index (χ1v) is 20.0. The van der Waals surface area contributed by atoms with Crippen LogP contribution in [0.5, 0.6) is 0 Å². The molecule has 1 nitrogen and oxygen atoms in total. The average molecular weight is 706 g/mol. The second kappa shape index (κ2) is 16.7. The van der Waals surface area contributed by atoms with Gasteiger partial charge in [0, 0.05) is 5.92 Å². The Morgan fingerprint density at radius 3 is 2.37 bits per heavy atom.